The average molecular weight is 283 g/mol. The van der Waals surface area contributed by atoms with Gasteiger partial charge in [0.25, 0.3) is 0 Å². The van der Waals surface area contributed by atoms with Gasteiger partial charge in [0.1, 0.15) is 5.60 Å². The average Bonchev–Trinajstić information content (AvgIpc) is 2.35. The van der Waals surface area contributed by atoms with Crippen LogP contribution in [0.5, 0.6) is 0 Å². The largest absolute Gasteiger partial charge is 0.444 e. The third kappa shape index (κ3) is 7.53. The van der Waals surface area contributed by atoms with Gasteiger partial charge in [0.15, 0.2) is 0 Å². The van der Waals surface area contributed by atoms with Crippen molar-refractivity contribution in [2.45, 2.75) is 70.9 Å². The van der Waals surface area contributed by atoms with Gasteiger partial charge in [-0.2, -0.15) is 0 Å². The number of alkyl carbamates (subject to hydrolysis) is 1. The van der Waals surface area contributed by atoms with E-state index in [9.17, 15) is 4.79 Å². The lowest BCUT2D eigenvalue weighted by Gasteiger charge is -2.27. The van der Waals surface area contributed by atoms with E-state index in [1.165, 1.54) is 32.1 Å². The second kappa shape index (κ2) is 8.30. The van der Waals surface area contributed by atoms with Crippen LogP contribution in [0.25, 0.3) is 0 Å². The van der Waals surface area contributed by atoms with Gasteiger partial charge in [0.2, 0.25) is 0 Å². The summed E-state index contributed by atoms with van der Waals surface area (Å²) in [4.78, 5) is 11.8. The van der Waals surface area contributed by atoms with E-state index in [-0.39, 0.29) is 18.7 Å². The Morgan fingerprint density at radius 1 is 1.35 bits per heavy atom. The summed E-state index contributed by atoms with van der Waals surface area (Å²) in [6, 6.07) is -0.0555. The summed E-state index contributed by atoms with van der Waals surface area (Å²) in [6.07, 6.45) is 10.5. The molecule has 1 saturated carbocycles. The van der Waals surface area contributed by atoms with Gasteiger partial charge < -0.3 is 15.2 Å². The van der Waals surface area contributed by atoms with E-state index < -0.39 is 5.60 Å². The van der Waals surface area contributed by atoms with Crippen LogP contribution in [0.2, 0.25) is 0 Å². The van der Waals surface area contributed by atoms with Gasteiger partial charge in [-0.25, -0.2) is 4.79 Å². The van der Waals surface area contributed by atoms with Gasteiger partial charge in [-0.1, -0.05) is 44.3 Å². The molecular formula is C16H29NO3. The molecule has 20 heavy (non-hydrogen) atoms. The fraction of sp³-hybridized carbons (Fsp3) is 0.812. The Hall–Kier alpha value is -1.03. The van der Waals surface area contributed by atoms with E-state index in [0.717, 1.165) is 6.42 Å². The number of amides is 1. The van der Waals surface area contributed by atoms with Gasteiger partial charge in [-0.3, -0.25) is 0 Å². The summed E-state index contributed by atoms with van der Waals surface area (Å²) < 4.78 is 5.29. The summed E-state index contributed by atoms with van der Waals surface area (Å²) in [6.45, 7) is 5.56. The lowest BCUT2D eigenvalue weighted by atomic mass is 9.85. The quantitative estimate of drug-likeness (QED) is 0.760. The van der Waals surface area contributed by atoms with Crippen LogP contribution in [-0.2, 0) is 4.74 Å². The molecule has 0 saturated heterocycles. The van der Waals surface area contributed by atoms with Crippen molar-refractivity contribution in [2.24, 2.45) is 5.92 Å². The standard InChI is InChI=1S/C16H29NO3/c1-16(2,3)20-15(19)17-14(10-7-11-18)12-13-8-5-4-6-9-13/h7,10,13-14,18H,4-6,8-9,11-12H2,1-3H3,(H,17,19)/b10-7+/t14-/m1/s1. The Balaban J connectivity index is 2.50. The molecule has 1 fully saturated rings. The molecule has 2 N–H and O–H groups in total. The van der Waals surface area contributed by atoms with Crippen LogP contribution in [-0.4, -0.2) is 29.4 Å². The molecule has 0 aromatic carbocycles. The van der Waals surface area contributed by atoms with Crippen LogP contribution in [0.1, 0.15) is 59.3 Å². The van der Waals surface area contributed by atoms with E-state index in [1.54, 1.807) is 6.08 Å². The van der Waals surface area contributed by atoms with Gasteiger partial charge in [-0.05, 0) is 33.1 Å². The Labute approximate surface area is 122 Å². The Morgan fingerprint density at radius 2 is 2.00 bits per heavy atom. The molecule has 1 rings (SSSR count). The highest BCUT2D eigenvalue weighted by atomic mass is 16.6. The first-order valence-electron chi connectivity index (χ1n) is 7.68. The molecule has 1 aliphatic rings. The van der Waals surface area contributed by atoms with Crippen molar-refractivity contribution in [3.05, 3.63) is 12.2 Å². The molecular weight excluding hydrogens is 254 g/mol. The minimum atomic E-state index is -0.486. The highest BCUT2D eigenvalue weighted by Crippen LogP contribution is 2.27. The number of ether oxygens (including phenoxy) is 1. The van der Waals surface area contributed by atoms with E-state index in [4.69, 9.17) is 9.84 Å². The summed E-state index contributed by atoms with van der Waals surface area (Å²) in [7, 11) is 0. The number of hydrogen-bond donors (Lipinski definition) is 2. The SMILES string of the molecule is CC(C)(C)OC(=O)N[C@H](/C=C/CO)CC1CCCCC1. The molecule has 0 bridgehead atoms. The summed E-state index contributed by atoms with van der Waals surface area (Å²) in [5.74, 6) is 0.659. The highest BCUT2D eigenvalue weighted by molar-refractivity contribution is 5.68. The zero-order valence-corrected chi connectivity index (χ0v) is 13.0. The zero-order chi connectivity index (χ0) is 15.0. The van der Waals surface area contributed by atoms with Crippen molar-refractivity contribution < 1.29 is 14.6 Å². The van der Waals surface area contributed by atoms with E-state index in [1.807, 2.05) is 26.8 Å². The maximum Gasteiger partial charge on any atom is 0.408 e. The first-order chi connectivity index (χ1) is 9.40. The molecule has 4 heteroatoms. The van der Waals surface area contributed by atoms with Crippen molar-refractivity contribution in [1.82, 2.24) is 5.32 Å². The lowest BCUT2D eigenvalue weighted by Crippen LogP contribution is -2.39. The molecule has 0 radical (unpaired) electrons. The topological polar surface area (TPSA) is 58.6 Å². The molecule has 1 amide bonds. The molecule has 0 heterocycles. The number of aliphatic hydroxyl groups is 1. The summed E-state index contributed by atoms with van der Waals surface area (Å²) in [5.41, 5.74) is -0.486. The Kier molecular flexibility index (Phi) is 7.06. The molecule has 116 valence electrons. The smallest absolute Gasteiger partial charge is 0.408 e. The molecule has 4 nitrogen and oxygen atoms in total. The third-order valence-corrected chi connectivity index (χ3v) is 3.49. The van der Waals surface area contributed by atoms with Gasteiger partial charge in [-0.15, -0.1) is 0 Å². The maximum absolute atomic E-state index is 11.8. The van der Waals surface area contributed by atoms with Crippen molar-refractivity contribution in [3.63, 3.8) is 0 Å². The molecule has 0 aliphatic heterocycles. The van der Waals surface area contributed by atoms with Crippen LogP contribution < -0.4 is 5.32 Å². The van der Waals surface area contributed by atoms with Gasteiger partial charge >= 0.3 is 6.09 Å². The molecule has 0 aromatic rings. The second-order valence-corrected chi connectivity index (χ2v) is 6.60. The predicted molar refractivity (Wildman–Crippen MR) is 80.6 cm³/mol. The number of nitrogens with one attached hydrogen (secondary N) is 1. The van der Waals surface area contributed by atoms with Gasteiger partial charge in [0, 0.05) is 0 Å². The normalized spacial score (nSPS) is 19.0. The van der Waals surface area contributed by atoms with Crippen molar-refractivity contribution in [1.29, 1.82) is 0 Å². The van der Waals surface area contributed by atoms with E-state index in [2.05, 4.69) is 5.32 Å². The van der Waals surface area contributed by atoms with Crippen molar-refractivity contribution >= 4 is 6.09 Å². The first kappa shape index (κ1) is 17.0. The lowest BCUT2D eigenvalue weighted by molar-refractivity contribution is 0.0507. The van der Waals surface area contributed by atoms with Gasteiger partial charge in [0.05, 0.1) is 12.6 Å². The van der Waals surface area contributed by atoms with Crippen LogP contribution in [0.4, 0.5) is 4.79 Å². The van der Waals surface area contributed by atoms with Crippen molar-refractivity contribution in [3.8, 4) is 0 Å². The summed E-state index contributed by atoms with van der Waals surface area (Å²) in [5, 5.41) is 11.8. The minimum absolute atomic E-state index is 0.00281. The van der Waals surface area contributed by atoms with Crippen LogP contribution in [0.3, 0.4) is 0 Å². The zero-order valence-electron chi connectivity index (χ0n) is 13.0. The molecule has 0 aromatic heterocycles. The van der Waals surface area contributed by atoms with E-state index in [0.29, 0.717) is 5.92 Å². The monoisotopic (exact) mass is 283 g/mol. The highest BCUT2D eigenvalue weighted by Gasteiger charge is 2.21. The Bertz CT molecular complexity index is 314. The Morgan fingerprint density at radius 3 is 2.55 bits per heavy atom. The second-order valence-electron chi connectivity index (χ2n) is 6.60. The number of carbonyl (C=O) groups excluding carboxylic acids is 1. The number of rotatable bonds is 5. The maximum atomic E-state index is 11.8. The third-order valence-electron chi connectivity index (χ3n) is 3.49. The summed E-state index contributed by atoms with van der Waals surface area (Å²) >= 11 is 0. The minimum Gasteiger partial charge on any atom is -0.444 e. The predicted octanol–water partition coefficient (Wildman–Crippen LogP) is 3.40. The van der Waals surface area contributed by atoms with Crippen LogP contribution in [0, 0.1) is 5.92 Å². The fourth-order valence-electron chi connectivity index (χ4n) is 2.65. The number of carbonyl (C=O) groups is 1. The number of hydrogen-bond acceptors (Lipinski definition) is 3. The number of aliphatic hydroxyl groups excluding tert-OH is 1. The first-order valence-corrected chi connectivity index (χ1v) is 7.68. The fourth-order valence-corrected chi connectivity index (χ4v) is 2.65. The molecule has 0 spiro atoms. The van der Waals surface area contributed by atoms with E-state index >= 15 is 0 Å². The molecule has 1 aliphatic carbocycles. The molecule has 0 unspecified atom stereocenters. The van der Waals surface area contributed by atoms with Crippen LogP contribution in [0.15, 0.2) is 12.2 Å². The van der Waals surface area contributed by atoms with Crippen LogP contribution >= 0.6 is 0 Å². The molecule has 1 atom stereocenters. The van der Waals surface area contributed by atoms with Crippen molar-refractivity contribution in [2.75, 3.05) is 6.61 Å².